The number of halogens is 3. The Bertz CT molecular complexity index is 2200. The molecule has 3 aromatic carbocycles. The molecular weight excluding hydrogens is 750 g/mol. The van der Waals surface area contributed by atoms with Gasteiger partial charge in [0.1, 0.15) is 0 Å². The predicted octanol–water partition coefficient (Wildman–Crippen LogP) is 8.01. The number of alkyl halides is 3. The molecule has 1 amide bonds. The number of carbonyl (C=O) groups is 1. The van der Waals surface area contributed by atoms with Gasteiger partial charge in [0.15, 0.2) is 0 Å². The molecule has 0 radical (unpaired) electrons. The Morgan fingerprint density at radius 2 is 1.60 bits per heavy atom. The molecule has 2 aromatic heterocycles. The van der Waals surface area contributed by atoms with E-state index in [0.29, 0.717) is 50.9 Å². The van der Waals surface area contributed by atoms with Gasteiger partial charge in [-0.05, 0) is 91.6 Å². The smallest absolute Gasteiger partial charge is 0.400 e. The van der Waals surface area contributed by atoms with Gasteiger partial charge in [-0.15, -0.1) is 0 Å². The SMILES string of the molecule is Cc1c(NC(=O)Oc2ncc3cc(C(F)(F)F)c(C4CCN(C5(C)COCC5O[Si](c5ccccc5)(c5ccccc5)C(C)(C)C)CC4)cc3n2)cnn1C1CC1. The highest BCUT2D eigenvalue weighted by molar-refractivity contribution is 6.99. The quantitative estimate of drug-likeness (QED) is 0.150. The summed E-state index contributed by atoms with van der Waals surface area (Å²) >= 11 is 0. The number of anilines is 1. The van der Waals surface area contributed by atoms with Crippen LogP contribution >= 0.6 is 0 Å². The van der Waals surface area contributed by atoms with Crippen LogP contribution in [0.2, 0.25) is 5.04 Å². The van der Waals surface area contributed by atoms with Crippen molar-refractivity contribution in [2.75, 3.05) is 31.6 Å². The number of amides is 1. The average molecular weight is 799 g/mol. The van der Waals surface area contributed by atoms with Gasteiger partial charge in [0.25, 0.3) is 8.32 Å². The number of nitrogens with one attached hydrogen (secondary N) is 1. The lowest BCUT2D eigenvalue weighted by molar-refractivity contribution is -0.138. The first-order chi connectivity index (χ1) is 27.2. The van der Waals surface area contributed by atoms with Crippen molar-refractivity contribution in [1.82, 2.24) is 24.6 Å². The fraction of sp³-hybridized carbons (Fsp3) is 0.442. The van der Waals surface area contributed by atoms with E-state index in [0.717, 1.165) is 24.6 Å². The normalized spacial score (nSPS) is 21.2. The lowest BCUT2D eigenvalue weighted by Gasteiger charge is -2.50. The summed E-state index contributed by atoms with van der Waals surface area (Å²) < 4.78 is 65.1. The molecule has 2 saturated heterocycles. The highest BCUT2D eigenvalue weighted by Gasteiger charge is 2.56. The van der Waals surface area contributed by atoms with Crippen LogP contribution in [0.4, 0.5) is 23.7 Å². The molecule has 8 rings (SSSR count). The molecule has 3 aliphatic rings. The molecule has 300 valence electrons. The van der Waals surface area contributed by atoms with Crippen molar-refractivity contribution in [3.8, 4) is 6.01 Å². The van der Waals surface area contributed by atoms with Crippen LogP contribution in [0.1, 0.15) is 82.2 Å². The minimum Gasteiger partial charge on any atom is -0.400 e. The Balaban J connectivity index is 1.02. The summed E-state index contributed by atoms with van der Waals surface area (Å²) in [5, 5.41) is 9.37. The summed E-state index contributed by atoms with van der Waals surface area (Å²) in [4.78, 5) is 23.6. The van der Waals surface area contributed by atoms with Crippen LogP contribution in [-0.2, 0) is 15.3 Å². The van der Waals surface area contributed by atoms with Crippen LogP contribution in [0.15, 0.2) is 85.2 Å². The Morgan fingerprint density at radius 3 is 2.19 bits per heavy atom. The van der Waals surface area contributed by atoms with E-state index < -0.39 is 31.7 Å². The molecule has 2 atom stereocenters. The zero-order chi connectivity index (χ0) is 40.2. The number of benzene rings is 3. The van der Waals surface area contributed by atoms with E-state index >= 15 is 0 Å². The van der Waals surface area contributed by atoms with E-state index in [1.165, 1.54) is 22.6 Å². The fourth-order valence-corrected chi connectivity index (χ4v) is 13.6. The highest BCUT2D eigenvalue weighted by Crippen LogP contribution is 2.45. The van der Waals surface area contributed by atoms with Crippen LogP contribution in [0, 0.1) is 6.92 Å². The zero-order valence-corrected chi connectivity index (χ0v) is 34.0. The summed E-state index contributed by atoms with van der Waals surface area (Å²) in [5.74, 6) is -0.377. The van der Waals surface area contributed by atoms with E-state index in [9.17, 15) is 18.0 Å². The first-order valence-electron chi connectivity index (χ1n) is 19.7. The van der Waals surface area contributed by atoms with Crippen molar-refractivity contribution in [2.24, 2.45) is 0 Å². The van der Waals surface area contributed by atoms with Crippen LogP contribution < -0.4 is 20.4 Å². The van der Waals surface area contributed by atoms with Gasteiger partial charge < -0.3 is 13.9 Å². The Hall–Kier alpha value is -4.63. The number of aromatic nitrogens is 4. The van der Waals surface area contributed by atoms with Crippen molar-refractivity contribution in [1.29, 1.82) is 0 Å². The second-order valence-electron chi connectivity index (χ2n) is 16.9. The Morgan fingerprint density at radius 1 is 0.947 bits per heavy atom. The van der Waals surface area contributed by atoms with E-state index in [1.807, 2.05) is 23.7 Å². The summed E-state index contributed by atoms with van der Waals surface area (Å²) in [5.41, 5.74) is 0.570. The minimum atomic E-state index is -4.58. The molecule has 0 spiro atoms. The van der Waals surface area contributed by atoms with Gasteiger partial charge in [-0.3, -0.25) is 14.9 Å². The number of carbonyl (C=O) groups excluding carboxylic acids is 1. The maximum atomic E-state index is 14.7. The third kappa shape index (κ3) is 7.48. The number of likely N-dealkylation sites (tertiary alicyclic amines) is 1. The van der Waals surface area contributed by atoms with Gasteiger partial charge in [-0.25, -0.2) is 9.78 Å². The Kier molecular flexibility index (Phi) is 10.3. The molecule has 57 heavy (non-hydrogen) atoms. The van der Waals surface area contributed by atoms with Crippen LogP contribution in [-0.4, -0.2) is 77.0 Å². The van der Waals surface area contributed by atoms with Gasteiger partial charge in [-0.1, -0.05) is 81.4 Å². The summed E-state index contributed by atoms with van der Waals surface area (Å²) in [7, 11) is -2.91. The van der Waals surface area contributed by atoms with E-state index in [-0.39, 0.29) is 39.5 Å². The maximum absolute atomic E-state index is 14.7. The first-order valence-corrected chi connectivity index (χ1v) is 21.6. The molecule has 4 heterocycles. The van der Waals surface area contributed by atoms with Crippen LogP contribution in [0.25, 0.3) is 10.9 Å². The summed E-state index contributed by atoms with van der Waals surface area (Å²) in [6, 6.07) is 23.7. The number of ether oxygens (including phenoxy) is 2. The molecule has 14 heteroatoms. The molecule has 10 nitrogen and oxygen atoms in total. The standard InChI is InChI=1S/C43H49F3N6O4Si/c1-28-37(25-48-52(28)31-16-17-31)50-40(53)55-39-47-24-30-22-35(43(44,45)46)34(23-36(30)49-39)29-18-20-51(21-19-29)42(5)27-54-26-38(42)56-57(41(2,3)4,32-12-8-6-9-13-32)33-14-10-7-11-15-33/h6-15,22-25,29,31,38H,16-21,26-27H2,1-5H3,(H,50,53). The van der Waals surface area contributed by atoms with Crippen molar-refractivity contribution >= 4 is 41.4 Å². The second-order valence-corrected chi connectivity index (χ2v) is 21.1. The lowest BCUT2D eigenvalue weighted by Crippen LogP contribution is -2.70. The van der Waals surface area contributed by atoms with Crippen molar-refractivity contribution in [3.63, 3.8) is 0 Å². The lowest BCUT2D eigenvalue weighted by atomic mass is 9.83. The molecule has 1 aliphatic carbocycles. The van der Waals surface area contributed by atoms with Gasteiger partial charge in [-0.2, -0.15) is 23.3 Å². The Labute approximate surface area is 331 Å². The predicted molar refractivity (Wildman–Crippen MR) is 215 cm³/mol. The van der Waals surface area contributed by atoms with Gasteiger partial charge >= 0.3 is 18.3 Å². The van der Waals surface area contributed by atoms with E-state index in [4.69, 9.17) is 13.9 Å². The number of piperidine rings is 1. The number of hydrogen-bond donors (Lipinski definition) is 1. The van der Waals surface area contributed by atoms with Crippen molar-refractivity contribution in [3.05, 3.63) is 102 Å². The summed E-state index contributed by atoms with van der Waals surface area (Å²) in [6.45, 7) is 12.8. The minimum absolute atomic E-state index is 0.180. The molecule has 2 aliphatic heterocycles. The maximum Gasteiger partial charge on any atom is 0.419 e. The average Bonchev–Trinajstić information content (AvgIpc) is 3.87. The highest BCUT2D eigenvalue weighted by atomic mass is 28.4. The largest absolute Gasteiger partial charge is 0.419 e. The number of fused-ring (bicyclic) bond motifs is 1. The number of hydrogen-bond acceptors (Lipinski definition) is 8. The molecule has 0 bridgehead atoms. The molecular formula is C43H49F3N6O4Si. The number of rotatable bonds is 9. The van der Waals surface area contributed by atoms with Crippen molar-refractivity contribution in [2.45, 2.75) is 95.1 Å². The third-order valence-electron chi connectivity index (χ3n) is 12.1. The van der Waals surface area contributed by atoms with Gasteiger partial charge in [0.05, 0.1) is 59.6 Å². The van der Waals surface area contributed by atoms with Crippen LogP contribution in [0.3, 0.4) is 0 Å². The molecule has 3 fully saturated rings. The van der Waals surface area contributed by atoms with E-state index in [2.05, 4.69) is 102 Å². The molecule has 2 unspecified atom stereocenters. The fourth-order valence-electron chi connectivity index (χ4n) is 8.87. The molecule has 1 N–H and O–H groups in total. The monoisotopic (exact) mass is 798 g/mol. The number of nitrogens with zero attached hydrogens (tertiary/aromatic N) is 5. The third-order valence-corrected chi connectivity index (χ3v) is 17.2. The molecule has 1 saturated carbocycles. The zero-order valence-electron chi connectivity index (χ0n) is 33.0. The first kappa shape index (κ1) is 39.2. The second kappa shape index (κ2) is 14.9. The van der Waals surface area contributed by atoms with Gasteiger partial charge in [0.2, 0.25) is 0 Å². The van der Waals surface area contributed by atoms with Gasteiger partial charge in [0, 0.05) is 11.6 Å². The topological polar surface area (TPSA) is 104 Å². The molecule has 5 aromatic rings. The van der Waals surface area contributed by atoms with Crippen molar-refractivity contribution < 1.29 is 31.9 Å². The summed E-state index contributed by atoms with van der Waals surface area (Å²) in [6.07, 6.45) is 0.252. The van der Waals surface area contributed by atoms with E-state index in [1.54, 1.807) is 6.20 Å². The van der Waals surface area contributed by atoms with Crippen LogP contribution in [0.5, 0.6) is 6.01 Å².